The van der Waals surface area contributed by atoms with E-state index in [2.05, 4.69) is 26.6 Å². The Balaban J connectivity index is 1.16. The Morgan fingerprint density at radius 3 is 2.91 bits per heavy atom. The predicted molar refractivity (Wildman–Crippen MR) is 123 cm³/mol. The molecule has 1 unspecified atom stereocenters. The summed E-state index contributed by atoms with van der Waals surface area (Å²) in [5, 5.41) is 12.8. The van der Waals surface area contributed by atoms with Crippen molar-refractivity contribution in [1.82, 2.24) is 25.1 Å². The molecule has 4 aromatic rings. The molecule has 3 N–H and O–H groups in total. The lowest BCUT2D eigenvalue weighted by Crippen LogP contribution is -2.28. The number of ether oxygens (including phenoxy) is 1. The molecule has 8 nitrogen and oxygen atoms in total. The first-order valence-electron chi connectivity index (χ1n) is 11.4. The van der Waals surface area contributed by atoms with Crippen molar-refractivity contribution in [2.24, 2.45) is 0 Å². The lowest BCUT2D eigenvalue weighted by molar-refractivity contribution is 0.0786. The quantitative estimate of drug-likeness (QED) is 0.441. The molecule has 170 valence electrons. The number of likely N-dealkylation sites (tertiary alicyclic amines) is 1. The molecular formula is C24H25FN6O2. The minimum absolute atomic E-state index is 0.0697. The first-order chi connectivity index (χ1) is 16.1. The van der Waals surface area contributed by atoms with Gasteiger partial charge in [-0.2, -0.15) is 5.10 Å². The summed E-state index contributed by atoms with van der Waals surface area (Å²) < 4.78 is 18.9. The van der Waals surface area contributed by atoms with Gasteiger partial charge in [-0.15, -0.1) is 0 Å². The van der Waals surface area contributed by atoms with Crippen LogP contribution in [0.5, 0.6) is 0 Å². The van der Waals surface area contributed by atoms with Gasteiger partial charge in [-0.05, 0) is 55.7 Å². The van der Waals surface area contributed by atoms with Gasteiger partial charge in [0.05, 0.1) is 5.39 Å². The number of H-pyrrole nitrogens is 2. The van der Waals surface area contributed by atoms with Crippen molar-refractivity contribution in [2.45, 2.75) is 31.2 Å². The highest BCUT2D eigenvalue weighted by molar-refractivity contribution is 5.98. The lowest BCUT2D eigenvalue weighted by Gasteiger charge is -2.23. The molecule has 0 spiro atoms. The van der Waals surface area contributed by atoms with Gasteiger partial charge < -0.3 is 19.9 Å². The maximum absolute atomic E-state index is 13.5. The van der Waals surface area contributed by atoms with Crippen molar-refractivity contribution in [3.63, 3.8) is 0 Å². The zero-order valence-corrected chi connectivity index (χ0v) is 18.1. The van der Waals surface area contributed by atoms with Crippen LogP contribution in [0.3, 0.4) is 0 Å². The number of nitrogens with one attached hydrogen (secondary N) is 3. The zero-order chi connectivity index (χ0) is 22.4. The van der Waals surface area contributed by atoms with Crippen LogP contribution in [0, 0.1) is 5.82 Å². The molecule has 0 radical (unpaired) electrons. The van der Waals surface area contributed by atoms with E-state index >= 15 is 0 Å². The number of pyridine rings is 1. The van der Waals surface area contributed by atoms with Gasteiger partial charge in [-0.1, -0.05) is 0 Å². The van der Waals surface area contributed by atoms with Crippen molar-refractivity contribution in [3.05, 3.63) is 53.6 Å². The van der Waals surface area contributed by atoms with E-state index in [1.54, 1.807) is 12.1 Å². The minimum atomic E-state index is -0.323. The molecule has 6 rings (SSSR count). The number of carbonyl (C=O) groups excluding carboxylic acids is 1. The highest BCUT2D eigenvalue weighted by Crippen LogP contribution is 2.30. The highest BCUT2D eigenvalue weighted by Gasteiger charge is 2.30. The molecule has 5 heterocycles. The fraction of sp³-hybridized carbons (Fsp3) is 0.375. The number of benzene rings is 1. The van der Waals surface area contributed by atoms with E-state index in [0.29, 0.717) is 30.3 Å². The second kappa shape index (κ2) is 8.15. The van der Waals surface area contributed by atoms with Crippen molar-refractivity contribution in [2.75, 3.05) is 31.6 Å². The van der Waals surface area contributed by atoms with Gasteiger partial charge >= 0.3 is 0 Å². The van der Waals surface area contributed by atoms with Crippen LogP contribution in [-0.4, -0.2) is 63.3 Å². The van der Waals surface area contributed by atoms with Gasteiger partial charge in [0, 0.05) is 54.9 Å². The lowest BCUT2D eigenvalue weighted by atomic mass is 10.0. The molecule has 0 bridgehead atoms. The summed E-state index contributed by atoms with van der Waals surface area (Å²) in [5.41, 5.74) is 2.82. The number of halogens is 1. The Morgan fingerprint density at radius 1 is 1.15 bits per heavy atom. The second-order valence-electron chi connectivity index (χ2n) is 8.89. The molecule has 33 heavy (non-hydrogen) atoms. The highest BCUT2D eigenvalue weighted by atomic mass is 19.1. The van der Waals surface area contributed by atoms with Gasteiger partial charge in [0.1, 0.15) is 11.5 Å². The van der Waals surface area contributed by atoms with Crippen molar-refractivity contribution < 1.29 is 13.9 Å². The van der Waals surface area contributed by atoms with E-state index in [1.807, 2.05) is 11.0 Å². The van der Waals surface area contributed by atoms with Crippen molar-refractivity contribution in [1.29, 1.82) is 0 Å². The van der Waals surface area contributed by atoms with Crippen LogP contribution in [-0.2, 0) is 4.74 Å². The molecule has 2 saturated heterocycles. The number of aromatic nitrogens is 4. The fourth-order valence-corrected chi connectivity index (χ4v) is 4.86. The SMILES string of the molecule is O=C(c1cc2ccc(F)cc2[nH]1)N1CCC(c2ccc3c(NC4CCOCC4)n[nH]c3n2)C1. The first kappa shape index (κ1) is 20.2. The summed E-state index contributed by atoms with van der Waals surface area (Å²) >= 11 is 0. The van der Waals surface area contributed by atoms with Gasteiger partial charge in [0.2, 0.25) is 0 Å². The minimum Gasteiger partial charge on any atom is -0.381 e. The molecule has 9 heteroatoms. The third-order valence-electron chi connectivity index (χ3n) is 6.72. The summed E-state index contributed by atoms with van der Waals surface area (Å²) in [5.74, 6) is 0.598. The largest absolute Gasteiger partial charge is 0.381 e. The predicted octanol–water partition coefficient (Wildman–Crippen LogP) is 3.80. The standard InChI is InChI=1S/C24H25FN6O2/c25-16-2-1-14-11-21(27-20(14)12-16)24(32)31-8-5-15(13-31)19-4-3-18-22(29-30-23(18)28-19)26-17-6-9-33-10-7-17/h1-4,11-12,15,17,27H,5-10,13H2,(H2,26,28,29,30). The molecule has 2 fully saturated rings. The maximum Gasteiger partial charge on any atom is 0.270 e. The normalized spacial score (nSPS) is 19.5. The molecule has 1 aromatic carbocycles. The van der Waals surface area contributed by atoms with E-state index < -0.39 is 0 Å². The summed E-state index contributed by atoms with van der Waals surface area (Å²) in [6, 6.07) is 10.7. The molecule has 0 saturated carbocycles. The molecule has 0 aliphatic carbocycles. The van der Waals surface area contributed by atoms with E-state index in [0.717, 1.165) is 60.4 Å². The number of nitrogens with zero attached hydrogens (tertiary/aromatic N) is 3. The molecule has 2 aliphatic heterocycles. The number of hydrogen-bond donors (Lipinski definition) is 3. The summed E-state index contributed by atoms with van der Waals surface area (Å²) in [6.45, 7) is 2.80. The number of anilines is 1. The van der Waals surface area contributed by atoms with Crippen LogP contribution < -0.4 is 5.32 Å². The van der Waals surface area contributed by atoms with Gasteiger partial charge in [-0.25, -0.2) is 9.37 Å². The van der Waals surface area contributed by atoms with Crippen LogP contribution in [0.25, 0.3) is 21.9 Å². The second-order valence-corrected chi connectivity index (χ2v) is 8.89. The third-order valence-corrected chi connectivity index (χ3v) is 6.72. The first-order valence-corrected chi connectivity index (χ1v) is 11.4. The van der Waals surface area contributed by atoms with E-state index in [9.17, 15) is 9.18 Å². The average molecular weight is 449 g/mol. The Labute approximate surface area is 189 Å². The maximum atomic E-state index is 13.5. The summed E-state index contributed by atoms with van der Waals surface area (Å²) in [6.07, 6.45) is 2.79. The summed E-state index contributed by atoms with van der Waals surface area (Å²) in [4.78, 5) is 22.7. The van der Waals surface area contributed by atoms with Gasteiger partial charge in [0.15, 0.2) is 11.5 Å². The van der Waals surface area contributed by atoms with Crippen LogP contribution >= 0.6 is 0 Å². The summed E-state index contributed by atoms with van der Waals surface area (Å²) in [7, 11) is 0. The Kier molecular flexibility index (Phi) is 4.98. The smallest absolute Gasteiger partial charge is 0.270 e. The van der Waals surface area contributed by atoms with Crippen LogP contribution in [0.2, 0.25) is 0 Å². The topological polar surface area (TPSA) is 98.9 Å². The Hall–Kier alpha value is -3.46. The number of rotatable bonds is 4. The third kappa shape index (κ3) is 3.82. The number of hydrogen-bond acceptors (Lipinski definition) is 5. The molecule has 2 aliphatic rings. The monoisotopic (exact) mass is 448 g/mol. The molecule has 1 amide bonds. The number of amides is 1. The average Bonchev–Trinajstić information content (AvgIpc) is 3.57. The number of fused-ring (bicyclic) bond motifs is 2. The van der Waals surface area contributed by atoms with E-state index in [1.165, 1.54) is 12.1 Å². The zero-order valence-electron chi connectivity index (χ0n) is 18.1. The Bertz CT molecular complexity index is 1330. The number of carbonyl (C=O) groups is 1. The molecular weight excluding hydrogens is 423 g/mol. The van der Waals surface area contributed by atoms with E-state index in [-0.39, 0.29) is 17.6 Å². The van der Waals surface area contributed by atoms with Gasteiger partial charge in [0.25, 0.3) is 5.91 Å². The van der Waals surface area contributed by atoms with Gasteiger partial charge in [-0.3, -0.25) is 9.89 Å². The van der Waals surface area contributed by atoms with Crippen molar-refractivity contribution >= 4 is 33.7 Å². The Morgan fingerprint density at radius 2 is 2.03 bits per heavy atom. The van der Waals surface area contributed by atoms with Crippen LogP contribution in [0.1, 0.15) is 41.4 Å². The molecule has 1 atom stereocenters. The van der Waals surface area contributed by atoms with Crippen LogP contribution in [0.4, 0.5) is 10.2 Å². The van der Waals surface area contributed by atoms with Crippen molar-refractivity contribution in [3.8, 4) is 0 Å². The molecule has 3 aromatic heterocycles. The fourth-order valence-electron chi connectivity index (χ4n) is 4.86. The van der Waals surface area contributed by atoms with Crippen LogP contribution in [0.15, 0.2) is 36.4 Å². The van der Waals surface area contributed by atoms with E-state index in [4.69, 9.17) is 9.72 Å². The number of aromatic amines is 2.